The maximum absolute atomic E-state index is 11.8. The molecule has 1 unspecified atom stereocenters. The van der Waals surface area contributed by atoms with Crippen LogP contribution in [0.3, 0.4) is 0 Å². The van der Waals surface area contributed by atoms with Crippen molar-refractivity contribution in [3.8, 4) is 0 Å². The second-order valence-electron chi connectivity index (χ2n) is 3.88. The van der Waals surface area contributed by atoms with E-state index in [1.54, 1.807) is 18.2 Å². The largest absolute Gasteiger partial charge is 0.398 e. The quantitative estimate of drug-likeness (QED) is 0.645. The van der Waals surface area contributed by atoms with E-state index in [1.165, 1.54) is 7.11 Å². The van der Waals surface area contributed by atoms with Gasteiger partial charge in [0.15, 0.2) is 0 Å². The first kappa shape index (κ1) is 13.5. The third-order valence-electron chi connectivity index (χ3n) is 2.46. The molecule has 0 aliphatic rings. The van der Waals surface area contributed by atoms with Crippen LogP contribution in [-0.4, -0.2) is 37.4 Å². The molecule has 1 rings (SSSR count). The number of carbonyl (C=O) groups excluding carboxylic acids is 1. The molecule has 0 spiro atoms. The molecule has 0 aliphatic carbocycles. The second-order valence-corrected chi connectivity index (χ2v) is 3.88. The summed E-state index contributed by atoms with van der Waals surface area (Å²) in [5.74, 6) is -0.271. The Morgan fingerprint density at radius 3 is 2.82 bits per heavy atom. The topological polar surface area (TPSA) is 84.6 Å². The van der Waals surface area contributed by atoms with Gasteiger partial charge < -0.3 is 20.9 Å². The SMILES string of the molecule is COCC(CO)NC(=O)c1ccc(C)c(N)c1. The number of amides is 1. The number of rotatable bonds is 5. The van der Waals surface area contributed by atoms with Gasteiger partial charge in [0.1, 0.15) is 0 Å². The van der Waals surface area contributed by atoms with Crippen molar-refractivity contribution >= 4 is 11.6 Å². The minimum Gasteiger partial charge on any atom is -0.398 e. The van der Waals surface area contributed by atoms with E-state index < -0.39 is 6.04 Å². The van der Waals surface area contributed by atoms with Gasteiger partial charge in [0.2, 0.25) is 0 Å². The van der Waals surface area contributed by atoms with Crippen molar-refractivity contribution in [3.05, 3.63) is 29.3 Å². The first-order valence-corrected chi connectivity index (χ1v) is 5.35. The number of hydrogen-bond acceptors (Lipinski definition) is 4. The lowest BCUT2D eigenvalue weighted by Gasteiger charge is -2.15. The summed E-state index contributed by atoms with van der Waals surface area (Å²) in [6.45, 7) is 1.98. The molecule has 0 aromatic heterocycles. The first-order chi connectivity index (χ1) is 8.08. The molecule has 5 heteroatoms. The summed E-state index contributed by atoms with van der Waals surface area (Å²) in [5, 5.41) is 11.7. The van der Waals surface area contributed by atoms with Crippen LogP contribution < -0.4 is 11.1 Å². The lowest BCUT2D eigenvalue weighted by atomic mass is 10.1. The Balaban J connectivity index is 2.72. The monoisotopic (exact) mass is 238 g/mol. The van der Waals surface area contributed by atoms with Gasteiger partial charge in [-0.2, -0.15) is 0 Å². The number of nitrogens with one attached hydrogen (secondary N) is 1. The highest BCUT2D eigenvalue weighted by Crippen LogP contribution is 2.12. The van der Waals surface area contributed by atoms with Crippen molar-refractivity contribution in [2.24, 2.45) is 0 Å². The van der Waals surface area contributed by atoms with Crippen molar-refractivity contribution in [1.82, 2.24) is 5.32 Å². The van der Waals surface area contributed by atoms with Gasteiger partial charge in [0.25, 0.3) is 5.91 Å². The van der Waals surface area contributed by atoms with Crippen LogP contribution in [0.15, 0.2) is 18.2 Å². The summed E-state index contributed by atoms with van der Waals surface area (Å²) in [6, 6.07) is 4.69. The van der Waals surface area contributed by atoms with E-state index in [0.717, 1.165) is 5.56 Å². The number of aryl methyl sites for hydroxylation is 1. The van der Waals surface area contributed by atoms with Crippen LogP contribution in [0.1, 0.15) is 15.9 Å². The fourth-order valence-corrected chi connectivity index (χ4v) is 1.39. The number of ether oxygens (including phenoxy) is 1. The van der Waals surface area contributed by atoms with Crippen LogP contribution in [0.2, 0.25) is 0 Å². The van der Waals surface area contributed by atoms with Crippen molar-refractivity contribution in [2.75, 3.05) is 26.1 Å². The fourth-order valence-electron chi connectivity index (χ4n) is 1.39. The Kier molecular flexibility index (Phi) is 4.93. The third kappa shape index (κ3) is 3.72. The minimum atomic E-state index is -0.407. The molecule has 1 aromatic rings. The zero-order valence-corrected chi connectivity index (χ0v) is 10.1. The molecule has 0 fully saturated rings. The highest BCUT2D eigenvalue weighted by atomic mass is 16.5. The van der Waals surface area contributed by atoms with Gasteiger partial charge in [-0.3, -0.25) is 4.79 Å². The van der Waals surface area contributed by atoms with E-state index in [9.17, 15) is 4.79 Å². The standard InChI is InChI=1S/C12H18N2O3/c1-8-3-4-9(5-11(8)13)12(16)14-10(6-15)7-17-2/h3-5,10,15H,6-7,13H2,1-2H3,(H,14,16). The predicted octanol–water partition coefficient (Wildman–Crippen LogP) is 0.314. The molecule has 1 aromatic carbocycles. The number of methoxy groups -OCH3 is 1. The molecule has 5 nitrogen and oxygen atoms in total. The van der Waals surface area contributed by atoms with Crippen molar-refractivity contribution in [2.45, 2.75) is 13.0 Å². The lowest BCUT2D eigenvalue weighted by molar-refractivity contribution is 0.0840. The second kappa shape index (κ2) is 6.22. The van der Waals surface area contributed by atoms with E-state index in [0.29, 0.717) is 11.3 Å². The number of nitrogen functional groups attached to an aromatic ring is 1. The number of aliphatic hydroxyl groups is 1. The highest BCUT2D eigenvalue weighted by molar-refractivity contribution is 5.95. The predicted molar refractivity (Wildman–Crippen MR) is 65.8 cm³/mol. The minimum absolute atomic E-state index is 0.166. The lowest BCUT2D eigenvalue weighted by Crippen LogP contribution is -2.40. The number of anilines is 1. The molecule has 17 heavy (non-hydrogen) atoms. The normalized spacial score (nSPS) is 12.2. The molecule has 0 heterocycles. The van der Waals surface area contributed by atoms with E-state index in [-0.39, 0.29) is 19.1 Å². The number of carbonyl (C=O) groups is 1. The van der Waals surface area contributed by atoms with E-state index >= 15 is 0 Å². The van der Waals surface area contributed by atoms with E-state index in [4.69, 9.17) is 15.6 Å². The number of nitrogens with two attached hydrogens (primary N) is 1. The Bertz CT molecular complexity index is 393. The molecule has 1 atom stereocenters. The van der Waals surface area contributed by atoms with Crippen LogP contribution in [0, 0.1) is 6.92 Å². The summed E-state index contributed by atoms with van der Waals surface area (Å²) in [7, 11) is 1.51. The molecule has 0 radical (unpaired) electrons. The molecule has 0 bridgehead atoms. The Hall–Kier alpha value is -1.59. The third-order valence-corrected chi connectivity index (χ3v) is 2.46. The van der Waals surface area contributed by atoms with Crippen molar-refractivity contribution in [1.29, 1.82) is 0 Å². The maximum Gasteiger partial charge on any atom is 0.251 e. The molecule has 1 amide bonds. The average molecular weight is 238 g/mol. The van der Waals surface area contributed by atoms with Crippen LogP contribution in [0.4, 0.5) is 5.69 Å². The molecule has 94 valence electrons. The fraction of sp³-hybridized carbons (Fsp3) is 0.417. The van der Waals surface area contributed by atoms with Crippen LogP contribution in [0.5, 0.6) is 0 Å². The zero-order valence-electron chi connectivity index (χ0n) is 10.1. The Morgan fingerprint density at radius 1 is 1.59 bits per heavy atom. The van der Waals surface area contributed by atoms with Crippen LogP contribution in [0.25, 0.3) is 0 Å². The smallest absolute Gasteiger partial charge is 0.251 e. The van der Waals surface area contributed by atoms with Gasteiger partial charge in [-0.25, -0.2) is 0 Å². The summed E-state index contributed by atoms with van der Waals surface area (Å²) in [5.41, 5.74) is 7.70. The Labute approximate surface area is 101 Å². The highest BCUT2D eigenvalue weighted by Gasteiger charge is 2.13. The van der Waals surface area contributed by atoms with Gasteiger partial charge in [0.05, 0.1) is 19.3 Å². The first-order valence-electron chi connectivity index (χ1n) is 5.35. The van der Waals surface area contributed by atoms with E-state index in [1.807, 2.05) is 6.92 Å². The van der Waals surface area contributed by atoms with Gasteiger partial charge in [-0.05, 0) is 24.6 Å². The summed E-state index contributed by atoms with van der Waals surface area (Å²) >= 11 is 0. The number of benzene rings is 1. The summed E-state index contributed by atoms with van der Waals surface area (Å²) in [4.78, 5) is 11.8. The molecule has 4 N–H and O–H groups in total. The van der Waals surface area contributed by atoms with Crippen LogP contribution >= 0.6 is 0 Å². The molecular formula is C12H18N2O3. The maximum atomic E-state index is 11.8. The Morgan fingerprint density at radius 2 is 2.29 bits per heavy atom. The molecule has 0 aliphatic heterocycles. The summed E-state index contributed by atoms with van der Waals surface area (Å²) < 4.78 is 4.88. The molecule has 0 saturated carbocycles. The summed E-state index contributed by atoms with van der Waals surface area (Å²) in [6.07, 6.45) is 0. The van der Waals surface area contributed by atoms with Crippen molar-refractivity contribution < 1.29 is 14.6 Å². The number of aliphatic hydroxyl groups excluding tert-OH is 1. The zero-order chi connectivity index (χ0) is 12.8. The van der Waals surface area contributed by atoms with Gasteiger partial charge >= 0.3 is 0 Å². The number of hydrogen-bond donors (Lipinski definition) is 3. The van der Waals surface area contributed by atoms with Crippen LogP contribution in [-0.2, 0) is 4.74 Å². The molecular weight excluding hydrogens is 220 g/mol. The van der Waals surface area contributed by atoms with Crippen molar-refractivity contribution in [3.63, 3.8) is 0 Å². The average Bonchev–Trinajstić information content (AvgIpc) is 2.31. The van der Waals surface area contributed by atoms with Gasteiger partial charge in [-0.15, -0.1) is 0 Å². The van der Waals surface area contributed by atoms with E-state index in [2.05, 4.69) is 5.32 Å². The van der Waals surface area contributed by atoms with Gasteiger partial charge in [-0.1, -0.05) is 6.07 Å². The molecule has 0 saturated heterocycles. The van der Waals surface area contributed by atoms with Gasteiger partial charge in [0, 0.05) is 18.4 Å².